The summed E-state index contributed by atoms with van der Waals surface area (Å²) in [4.78, 5) is 2.44. The van der Waals surface area contributed by atoms with Crippen LogP contribution in [0.25, 0.3) is 0 Å². The first-order valence-corrected chi connectivity index (χ1v) is 7.94. The van der Waals surface area contributed by atoms with Gasteiger partial charge in [0.15, 0.2) is 0 Å². The highest BCUT2D eigenvalue weighted by Gasteiger charge is 2.27. The molecule has 0 saturated heterocycles. The Hall–Kier alpha value is -0.120. The average molecular weight is 272 g/mol. The lowest BCUT2D eigenvalue weighted by molar-refractivity contribution is 0.119. The van der Waals surface area contributed by atoms with Crippen LogP contribution in [0.3, 0.4) is 0 Å². The van der Waals surface area contributed by atoms with Crippen molar-refractivity contribution in [3.05, 3.63) is 0 Å². The topological polar surface area (TPSA) is 35.5 Å². The Morgan fingerprint density at radius 1 is 1.11 bits per heavy atom. The third-order valence-corrected chi connectivity index (χ3v) is 4.78. The number of rotatable bonds is 11. The second kappa shape index (κ2) is 8.93. The van der Waals surface area contributed by atoms with Crippen molar-refractivity contribution in [1.82, 2.24) is 10.2 Å². The summed E-state index contributed by atoms with van der Waals surface area (Å²) in [6, 6.07) is 0. The minimum atomic E-state index is -0.0762. The lowest BCUT2D eigenvalue weighted by Crippen LogP contribution is -2.49. The molecular weight excluding hydrogens is 236 g/mol. The van der Waals surface area contributed by atoms with Crippen LogP contribution in [0.1, 0.15) is 66.7 Å². The molecule has 0 rings (SSSR count). The molecule has 3 nitrogen and oxygen atoms in total. The highest BCUT2D eigenvalue weighted by Crippen LogP contribution is 2.20. The lowest BCUT2D eigenvalue weighted by Gasteiger charge is -2.37. The zero-order valence-corrected chi connectivity index (χ0v) is 14.1. The maximum absolute atomic E-state index is 9.70. The molecule has 0 aromatic heterocycles. The van der Waals surface area contributed by atoms with Gasteiger partial charge in [0.25, 0.3) is 0 Å². The summed E-state index contributed by atoms with van der Waals surface area (Å²) in [5.41, 5.74) is 0.193. The highest BCUT2D eigenvalue weighted by atomic mass is 16.3. The van der Waals surface area contributed by atoms with E-state index in [0.717, 1.165) is 45.2 Å². The number of aliphatic hydroxyl groups excluding tert-OH is 1. The van der Waals surface area contributed by atoms with Crippen LogP contribution in [0, 0.1) is 0 Å². The van der Waals surface area contributed by atoms with Crippen molar-refractivity contribution >= 4 is 0 Å². The quantitative estimate of drug-likeness (QED) is 0.607. The molecule has 19 heavy (non-hydrogen) atoms. The molecule has 0 aliphatic rings. The molecule has 0 aliphatic heterocycles. The molecule has 1 unspecified atom stereocenters. The summed E-state index contributed by atoms with van der Waals surface area (Å²) in [5.74, 6) is 0. The maximum atomic E-state index is 9.70. The Bertz CT molecular complexity index is 225. The lowest BCUT2D eigenvalue weighted by atomic mass is 9.90. The van der Waals surface area contributed by atoms with E-state index in [1.54, 1.807) is 0 Å². The third kappa shape index (κ3) is 6.24. The second-order valence-electron chi connectivity index (χ2n) is 6.41. The molecule has 116 valence electrons. The molecule has 3 heteroatoms. The number of aliphatic hydroxyl groups is 1. The van der Waals surface area contributed by atoms with Gasteiger partial charge in [0.2, 0.25) is 0 Å². The summed E-state index contributed by atoms with van der Waals surface area (Å²) in [7, 11) is 2.20. The first-order valence-electron chi connectivity index (χ1n) is 7.94. The second-order valence-corrected chi connectivity index (χ2v) is 6.41. The average Bonchev–Trinajstić information content (AvgIpc) is 2.42. The number of nitrogens with one attached hydrogen (secondary N) is 1. The van der Waals surface area contributed by atoms with Crippen LogP contribution < -0.4 is 5.32 Å². The van der Waals surface area contributed by atoms with E-state index in [-0.39, 0.29) is 17.7 Å². The molecule has 0 heterocycles. The molecular formula is C16H36N2O. The normalized spacial score (nSPS) is 15.8. The minimum Gasteiger partial charge on any atom is -0.394 e. The van der Waals surface area contributed by atoms with E-state index >= 15 is 0 Å². The largest absolute Gasteiger partial charge is 0.394 e. The van der Waals surface area contributed by atoms with Crippen molar-refractivity contribution in [2.45, 2.75) is 77.8 Å². The molecule has 0 radical (unpaired) electrons. The van der Waals surface area contributed by atoms with E-state index in [9.17, 15) is 5.11 Å². The maximum Gasteiger partial charge on any atom is 0.0613 e. The summed E-state index contributed by atoms with van der Waals surface area (Å²) >= 11 is 0. The molecule has 0 saturated carbocycles. The highest BCUT2D eigenvalue weighted by molar-refractivity contribution is 4.87. The zero-order valence-electron chi connectivity index (χ0n) is 14.1. The summed E-state index contributed by atoms with van der Waals surface area (Å²) in [6.45, 7) is 13.5. The fourth-order valence-corrected chi connectivity index (χ4v) is 2.25. The minimum absolute atomic E-state index is 0.0762. The Morgan fingerprint density at radius 3 is 2.16 bits per heavy atom. The van der Waals surface area contributed by atoms with Crippen LogP contribution in [0.4, 0.5) is 0 Å². The van der Waals surface area contributed by atoms with Crippen LogP contribution in [0.2, 0.25) is 0 Å². The van der Waals surface area contributed by atoms with Gasteiger partial charge in [-0.2, -0.15) is 0 Å². The van der Waals surface area contributed by atoms with Crippen molar-refractivity contribution in [2.24, 2.45) is 0 Å². The monoisotopic (exact) mass is 272 g/mol. The first-order chi connectivity index (χ1) is 8.87. The Morgan fingerprint density at radius 2 is 1.74 bits per heavy atom. The van der Waals surface area contributed by atoms with E-state index in [4.69, 9.17) is 0 Å². The van der Waals surface area contributed by atoms with E-state index in [1.807, 2.05) is 0 Å². The summed E-state index contributed by atoms with van der Waals surface area (Å²) in [5, 5.41) is 13.2. The van der Waals surface area contributed by atoms with Gasteiger partial charge in [-0.15, -0.1) is 0 Å². The molecule has 2 N–H and O–H groups in total. The van der Waals surface area contributed by atoms with Gasteiger partial charge in [0, 0.05) is 11.1 Å². The third-order valence-electron chi connectivity index (χ3n) is 4.78. The van der Waals surface area contributed by atoms with Crippen LogP contribution in [-0.4, -0.2) is 47.8 Å². The van der Waals surface area contributed by atoms with Crippen LogP contribution in [0.15, 0.2) is 0 Å². The molecule has 0 aromatic rings. The van der Waals surface area contributed by atoms with Crippen molar-refractivity contribution in [3.8, 4) is 0 Å². The van der Waals surface area contributed by atoms with Crippen molar-refractivity contribution in [3.63, 3.8) is 0 Å². The van der Waals surface area contributed by atoms with Crippen LogP contribution in [-0.2, 0) is 0 Å². The van der Waals surface area contributed by atoms with Gasteiger partial charge >= 0.3 is 0 Å². The van der Waals surface area contributed by atoms with E-state index in [2.05, 4.69) is 51.9 Å². The van der Waals surface area contributed by atoms with Gasteiger partial charge in [-0.1, -0.05) is 20.8 Å². The number of hydrogen-bond donors (Lipinski definition) is 2. The molecule has 0 fully saturated rings. The number of nitrogens with zero attached hydrogens (tertiary/aromatic N) is 1. The molecule has 0 spiro atoms. The Kier molecular flexibility index (Phi) is 8.88. The zero-order chi connectivity index (χ0) is 14.9. The fourth-order valence-electron chi connectivity index (χ4n) is 2.25. The Labute approximate surface area is 120 Å². The van der Waals surface area contributed by atoms with Crippen LogP contribution in [0.5, 0.6) is 0 Å². The number of hydrogen-bond acceptors (Lipinski definition) is 3. The van der Waals surface area contributed by atoms with Gasteiger partial charge < -0.3 is 15.3 Å². The van der Waals surface area contributed by atoms with Gasteiger partial charge in [0.1, 0.15) is 0 Å². The van der Waals surface area contributed by atoms with Gasteiger partial charge in [-0.3, -0.25) is 0 Å². The molecule has 0 bridgehead atoms. The summed E-state index contributed by atoms with van der Waals surface area (Å²) < 4.78 is 0. The van der Waals surface area contributed by atoms with Gasteiger partial charge in [-0.05, 0) is 66.1 Å². The molecule has 0 aromatic carbocycles. The first kappa shape index (κ1) is 18.9. The standard InChI is InChI=1S/C16H36N2O/c1-7-12-17-16(9-3,14-19)11-10-13-18(6)15(4,5)8-2/h17,19H,7-14H2,1-6H3. The smallest absolute Gasteiger partial charge is 0.0613 e. The summed E-state index contributed by atoms with van der Waals surface area (Å²) in [6.07, 6.45) is 5.45. The van der Waals surface area contributed by atoms with Crippen molar-refractivity contribution < 1.29 is 5.11 Å². The van der Waals surface area contributed by atoms with E-state index in [1.165, 1.54) is 0 Å². The predicted octanol–water partition coefficient (Wildman–Crippen LogP) is 3.03. The van der Waals surface area contributed by atoms with Gasteiger partial charge in [-0.25, -0.2) is 0 Å². The van der Waals surface area contributed by atoms with E-state index < -0.39 is 0 Å². The predicted molar refractivity (Wildman–Crippen MR) is 84.6 cm³/mol. The van der Waals surface area contributed by atoms with Crippen molar-refractivity contribution in [1.29, 1.82) is 0 Å². The fraction of sp³-hybridized carbons (Fsp3) is 1.00. The Balaban J connectivity index is 4.26. The van der Waals surface area contributed by atoms with Crippen LogP contribution >= 0.6 is 0 Å². The van der Waals surface area contributed by atoms with E-state index in [0.29, 0.717) is 0 Å². The SMILES string of the molecule is CCCNC(CC)(CO)CCCN(C)C(C)(C)CC. The van der Waals surface area contributed by atoms with Crippen molar-refractivity contribution in [2.75, 3.05) is 26.7 Å². The van der Waals surface area contributed by atoms with Gasteiger partial charge in [0.05, 0.1) is 6.61 Å². The molecule has 0 aliphatic carbocycles. The molecule has 0 amide bonds. The molecule has 1 atom stereocenters.